The van der Waals surface area contributed by atoms with Gasteiger partial charge in [0.2, 0.25) is 0 Å². The largest absolute Gasteiger partial charge is 0.493 e. The molecule has 1 aromatic rings. The van der Waals surface area contributed by atoms with Crippen LogP contribution in [0.4, 0.5) is 0 Å². The number of nitrogens with two attached hydrogens (primary N) is 1. The van der Waals surface area contributed by atoms with Crippen LogP contribution in [-0.4, -0.2) is 29.1 Å². The summed E-state index contributed by atoms with van der Waals surface area (Å²) in [7, 11) is -3.98. The van der Waals surface area contributed by atoms with Crippen LogP contribution in [0, 0.1) is 0 Å². The minimum atomic E-state index is -3.98. The number of benzene rings is 1. The fourth-order valence-corrected chi connectivity index (χ4v) is 1.61. The number of hydrogen-bond acceptors (Lipinski definition) is 3. The Morgan fingerprint density at radius 3 is 2.62 bits per heavy atom. The topological polar surface area (TPSA) is 92.8 Å². The standard InChI is InChI=1S/C10H16NO4P/c11-6-5-9-3-1-2-4-10(9)15-7-8-16(12,13)14/h1-4H,5-8,11H2,(H2,12,13,14). The lowest BCUT2D eigenvalue weighted by Crippen LogP contribution is -2.08. The van der Waals surface area contributed by atoms with E-state index in [1.165, 1.54) is 0 Å². The van der Waals surface area contributed by atoms with Crippen molar-refractivity contribution in [1.29, 1.82) is 0 Å². The average Bonchev–Trinajstić information content (AvgIpc) is 2.19. The van der Waals surface area contributed by atoms with E-state index in [0.717, 1.165) is 5.56 Å². The summed E-state index contributed by atoms with van der Waals surface area (Å²) < 4.78 is 15.9. The highest BCUT2D eigenvalue weighted by molar-refractivity contribution is 7.51. The van der Waals surface area contributed by atoms with Crippen LogP contribution < -0.4 is 10.5 Å². The monoisotopic (exact) mass is 245 g/mol. The average molecular weight is 245 g/mol. The summed E-state index contributed by atoms with van der Waals surface area (Å²) in [6.45, 7) is 0.519. The van der Waals surface area contributed by atoms with E-state index < -0.39 is 7.60 Å². The highest BCUT2D eigenvalue weighted by atomic mass is 31.2. The fourth-order valence-electron chi connectivity index (χ4n) is 1.28. The second kappa shape index (κ2) is 6.01. The van der Waals surface area contributed by atoms with E-state index in [1.54, 1.807) is 6.07 Å². The minimum absolute atomic E-state index is 0.00582. The van der Waals surface area contributed by atoms with Crippen molar-refractivity contribution in [2.45, 2.75) is 6.42 Å². The molecular weight excluding hydrogens is 229 g/mol. The van der Waals surface area contributed by atoms with Crippen LogP contribution in [0.25, 0.3) is 0 Å². The normalized spacial score (nSPS) is 11.4. The summed E-state index contributed by atoms with van der Waals surface area (Å²) in [4.78, 5) is 17.4. The first-order valence-corrected chi connectivity index (χ1v) is 6.78. The van der Waals surface area contributed by atoms with E-state index in [9.17, 15) is 4.57 Å². The quantitative estimate of drug-likeness (QED) is 0.643. The van der Waals surface area contributed by atoms with Crippen LogP contribution in [0.1, 0.15) is 5.56 Å². The van der Waals surface area contributed by atoms with Crippen molar-refractivity contribution in [1.82, 2.24) is 0 Å². The predicted molar refractivity (Wildman–Crippen MR) is 61.6 cm³/mol. The zero-order valence-electron chi connectivity index (χ0n) is 8.87. The molecule has 16 heavy (non-hydrogen) atoms. The third-order valence-corrected chi connectivity index (χ3v) is 2.79. The molecule has 0 heterocycles. The predicted octanol–water partition coefficient (Wildman–Crippen LogP) is 0.744. The first-order valence-electron chi connectivity index (χ1n) is 4.98. The number of para-hydroxylation sites is 1. The minimum Gasteiger partial charge on any atom is -0.493 e. The Bertz CT molecular complexity index is 377. The molecule has 4 N–H and O–H groups in total. The van der Waals surface area contributed by atoms with E-state index in [4.69, 9.17) is 20.3 Å². The van der Waals surface area contributed by atoms with Crippen LogP contribution >= 0.6 is 7.60 Å². The molecule has 0 unspecified atom stereocenters. The van der Waals surface area contributed by atoms with Gasteiger partial charge in [-0.15, -0.1) is 0 Å². The Balaban J connectivity index is 2.56. The van der Waals surface area contributed by atoms with Gasteiger partial charge in [-0.2, -0.15) is 0 Å². The van der Waals surface area contributed by atoms with Gasteiger partial charge in [0.25, 0.3) is 0 Å². The zero-order valence-corrected chi connectivity index (χ0v) is 9.77. The maximum Gasteiger partial charge on any atom is 0.328 e. The Hall–Kier alpha value is -0.870. The van der Waals surface area contributed by atoms with E-state index in [1.807, 2.05) is 18.2 Å². The van der Waals surface area contributed by atoms with Crippen LogP contribution in [0.2, 0.25) is 0 Å². The van der Waals surface area contributed by atoms with Gasteiger partial charge in [0.1, 0.15) is 5.75 Å². The molecule has 0 saturated carbocycles. The van der Waals surface area contributed by atoms with Crippen molar-refractivity contribution < 1.29 is 19.1 Å². The van der Waals surface area contributed by atoms with Gasteiger partial charge >= 0.3 is 7.60 Å². The maximum atomic E-state index is 10.6. The van der Waals surface area contributed by atoms with Crippen molar-refractivity contribution in [3.05, 3.63) is 29.8 Å². The second-order valence-corrected chi connectivity index (χ2v) is 5.16. The molecule has 0 fully saturated rings. The molecule has 5 nitrogen and oxygen atoms in total. The van der Waals surface area contributed by atoms with Gasteiger partial charge in [-0.1, -0.05) is 18.2 Å². The van der Waals surface area contributed by atoms with Gasteiger partial charge in [-0.25, -0.2) is 0 Å². The summed E-state index contributed by atoms with van der Waals surface area (Å²) in [5.41, 5.74) is 6.40. The first-order chi connectivity index (χ1) is 7.53. The smallest absolute Gasteiger partial charge is 0.328 e. The van der Waals surface area contributed by atoms with Crippen LogP contribution in [0.5, 0.6) is 5.75 Å². The van der Waals surface area contributed by atoms with E-state index in [0.29, 0.717) is 18.7 Å². The van der Waals surface area contributed by atoms with Gasteiger partial charge in [-0.3, -0.25) is 4.57 Å². The van der Waals surface area contributed by atoms with Gasteiger partial charge in [-0.05, 0) is 24.6 Å². The van der Waals surface area contributed by atoms with Gasteiger partial charge in [0.15, 0.2) is 0 Å². The maximum absolute atomic E-state index is 10.6. The third-order valence-electron chi connectivity index (χ3n) is 2.03. The van der Waals surface area contributed by atoms with Crippen molar-refractivity contribution in [3.8, 4) is 5.75 Å². The van der Waals surface area contributed by atoms with Crippen molar-refractivity contribution in [2.24, 2.45) is 5.73 Å². The lowest BCUT2D eigenvalue weighted by atomic mass is 10.1. The molecule has 0 atom stereocenters. The molecule has 1 rings (SSSR count). The van der Waals surface area contributed by atoms with Crippen LogP contribution in [-0.2, 0) is 11.0 Å². The molecule has 6 heteroatoms. The zero-order chi connectivity index (χ0) is 12.0. The van der Waals surface area contributed by atoms with Gasteiger partial charge < -0.3 is 20.3 Å². The van der Waals surface area contributed by atoms with Crippen molar-refractivity contribution >= 4 is 7.60 Å². The molecule has 90 valence electrons. The number of ether oxygens (including phenoxy) is 1. The molecule has 0 aromatic heterocycles. The Kier molecular flexibility index (Phi) is 4.96. The number of rotatable bonds is 6. The Morgan fingerprint density at radius 2 is 2.00 bits per heavy atom. The molecule has 0 radical (unpaired) electrons. The lowest BCUT2D eigenvalue weighted by Gasteiger charge is -2.11. The molecular formula is C10H16NO4P. The van der Waals surface area contributed by atoms with Crippen LogP contribution in [0.15, 0.2) is 24.3 Å². The fraction of sp³-hybridized carbons (Fsp3) is 0.400. The van der Waals surface area contributed by atoms with Gasteiger partial charge in [0, 0.05) is 0 Å². The molecule has 0 spiro atoms. The summed E-state index contributed by atoms with van der Waals surface area (Å²) in [6.07, 6.45) is 0.413. The van der Waals surface area contributed by atoms with Crippen LogP contribution in [0.3, 0.4) is 0 Å². The van der Waals surface area contributed by atoms with Crippen molar-refractivity contribution in [3.63, 3.8) is 0 Å². The molecule has 0 aliphatic carbocycles. The Morgan fingerprint density at radius 1 is 1.31 bits per heavy atom. The second-order valence-electron chi connectivity index (χ2n) is 3.38. The molecule has 0 saturated heterocycles. The van der Waals surface area contributed by atoms with E-state index in [2.05, 4.69) is 0 Å². The van der Waals surface area contributed by atoms with Gasteiger partial charge in [0.05, 0.1) is 12.8 Å². The summed E-state index contributed by atoms with van der Waals surface area (Å²) >= 11 is 0. The SMILES string of the molecule is NCCc1ccccc1OCCP(=O)(O)O. The van der Waals surface area contributed by atoms with E-state index in [-0.39, 0.29) is 12.8 Å². The molecule has 0 amide bonds. The molecule has 1 aromatic carbocycles. The Labute approximate surface area is 94.4 Å². The summed E-state index contributed by atoms with van der Waals surface area (Å²) in [6, 6.07) is 7.35. The third kappa shape index (κ3) is 4.77. The first kappa shape index (κ1) is 13.2. The summed E-state index contributed by atoms with van der Waals surface area (Å²) in [5.74, 6) is 0.640. The molecule has 0 aliphatic rings. The van der Waals surface area contributed by atoms with E-state index >= 15 is 0 Å². The summed E-state index contributed by atoms with van der Waals surface area (Å²) in [5, 5.41) is 0. The number of hydrogen-bond donors (Lipinski definition) is 3. The molecule has 0 bridgehead atoms. The highest BCUT2D eigenvalue weighted by Crippen LogP contribution is 2.33. The lowest BCUT2D eigenvalue weighted by molar-refractivity contribution is 0.313. The molecule has 0 aliphatic heterocycles. The highest BCUT2D eigenvalue weighted by Gasteiger charge is 2.13. The van der Waals surface area contributed by atoms with Crippen molar-refractivity contribution in [2.75, 3.05) is 19.3 Å².